The van der Waals surface area contributed by atoms with Crippen molar-refractivity contribution in [1.82, 2.24) is 0 Å². The Kier molecular flexibility index (Phi) is 4.49. The fourth-order valence-corrected chi connectivity index (χ4v) is 4.22. The van der Waals surface area contributed by atoms with Gasteiger partial charge in [-0.3, -0.25) is 0 Å². The number of alkyl halides is 3. The van der Waals surface area contributed by atoms with Crippen LogP contribution in [-0.2, 0) is 0 Å². The van der Waals surface area contributed by atoms with Gasteiger partial charge in [-0.2, -0.15) is 13.2 Å². The molecule has 2 aliphatic carbocycles. The van der Waals surface area contributed by atoms with Crippen molar-refractivity contribution in [2.75, 3.05) is 0 Å². The number of halogens is 3. The molecule has 0 aromatic heterocycles. The van der Waals surface area contributed by atoms with Crippen LogP contribution in [-0.4, -0.2) is 16.9 Å². The van der Waals surface area contributed by atoms with E-state index in [1.807, 2.05) is 0 Å². The highest BCUT2D eigenvalue weighted by atomic mass is 19.4. The molecule has 0 aromatic carbocycles. The lowest BCUT2D eigenvalue weighted by molar-refractivity contribution is -0.199. The first-order valence-electron chi connectivity index (χ1n) is 7.66. The molecule has 0 saturated heterocycles. The third-order valence-corrected chi connectivity index (χ3v) is 5.44. The highest BCUT2D eigenvalue weighted by molar-refractivity contribution is 4.96. The highest BCUT2D eigenvalue weighted by Crippen LogP contribution is 2.49. The van der Waals surface area contributed by atoms with Crippen molar-refractivity contribution < 1.29 is 18.3 Å². The van der Waals surface area contributed by atoms with E-state index in [1.54, 1.807) is 0 Å². The largest absolute Gasteiger partial charge is 0.391 e. The van der Waals surface area contributed by atoms with Crippen LogP contribution >= 0.6 is 0 Å². The van der Waals surface area contributed by atoms with Crippen molar-refractivity contribution in [2.24, 2.45) is 17.8 Å². The molecule has 1 nitrogen and oxygen atoms in total. The summed E-state index contributed by atoms with van der Waals surface area (Å²) in [7, 11) is 0. The van der Waals surface area contributed by atoms with Gasteiger partial charge in [-0.05, 0) is 43.9 Å². The van der Waals surface area contributed by atoms with Crippen LogP contribution in [0.4, 0.5) is 13.2 Å². The molecule has 0 aromatic rings. The molecule has 2 atom stereocenters. The highest BCUT2D eigenvalue weighted by Gasteiger charge is 2.49. The van der Waals surface area contributed by atoms with E-state index in [0.29, 0.717) is 18.8 Å². The first kappa shape index (κ1) is 15.1. The van der Waals surface area contributed by atoms with E-state index in [2.05, 4.69) is 6.92 Å². The summed E-state index contributed by atoms with van der Waals surface area (Å²) in [5, 5.41) is 10.8. The minimum Gasteiger partial charge on any atom is -0.390 e. The van der Waals surface area contributed by atoms with Gasteiger partial charge in [-0.15, -0.1) is 0 Å². The minimum absolute atomic E-state index is 0.104. The van der Waals surface area contributed by atoms with E-state index in [0.717, 1.165) is 25.7 Å². The Morgan fingerprint density at radius 3 is 2.16 bits per heavy atom. The standard InChI is InChI=1S/C15H25F3O/c1-2-11-5-3-4-6-13(11)14(19)9-7-12(8-10-14)15(16,17)18/h11-13,19H,2-10H2,1H3. The van der Waals surface area contributed by atoms with E-state index in [1.165, 1.54) is 6.42 Å². The molecule has 4 heteroatoms. The van der Waals surface area contributed by atoms with E-state index in [9.17, 15) is 18.3 Å². The molecule has 2 saturated carbocycles. The summed E-state index contributed by atoms with van der Waals surface area (Å²) >= 11 is 0. The first-order chi connectivity index (χ1) is 8.87. The van der Waals surface area contributed by atoms with E-state index in [-0.39, 0.29) is 18.8 Å². The summed E-state index contributed by atoms with van der Waals surface area (Å²) in [6.45, 7) is 2.13. The van der Waals surface area contributed by atoms with Gasteiger partial charge in [0.05, 0.1) is 11.5 Å². The predicted molar refractivity (Wildman–Crippen MR) is 68.7 cm³/mol. The minimum atomic E-state index is -4.09. The molecule has 0 bridgehead atoms. The zero-order chi connectivity index (χ0) is 14.1. The topological polar surface area (TPSA) is 20.2 Å². The maximum Gasteiger partial charge on any atom is 0.391 e. The number of hydrogen-bond donors (Lipinski definition) is 1. The van der Waals surface area contributed by atoms with Crippen molar-refractivity contribution in [3.8, 4) is 0 Å². The first-order valence-corrected chi connectivity index (χ1v) is 7.66. The van der Waals surface area contributed by atoms with Gasteiger partial charge in [-0.1, -0.05) is 32.6 Å². The average Bonchev–Trinajstić information content (AvgIpc) is 2.38. The molecule has 0 radical (unpaired) electrons. The lowest BCUT2D eigenvalue weighted by Gasteiger charge is -2.47. The zero-order valence-electron chi connectivity index (χ0n) is 11.7. The summed E-state index contributed by atoms with van der Waals surface area (Å²) in [5.74, 6) is -0.474. The molecule has 2 unspecified atom stereocenters. The summed E-state index contributed by atoms with van der Waals surface area (Å²) in [6, 6.07) is 0. The third-order valence-electron chi connectivity index (χ3n) is 5.44. The normalized spacial score (nSPS) is 41.2. The molecule has 0 spiro atoms. The average molecular weight is 278 g/mol. The molecule has 0 aliphatic heterocycles. The van der Waals surface area contributed by atoms with E-state index in [4.69, 9.17) is 0 Å². The second-order valence-corrected chi connectivity index (χ2v) is 6.48. The van der Waals surface area contributed by atoms with Gasteiger partial charge >= 0.3 is 6.18 Å². The molecular weight excluding hydrogens is 253 g/mol. The molecule has 112 valence electrons. The van der Waals surface area contributed by atoms with Crippen molar-refractivity contribution in [3.63, 3.8) is 0 Å². The van der Waals surface area contributed by atoms with Gasteiger partial charge in [0, 0.05) is 0 Å². The Hall–Kier alpha value is -0.250. The second kappa shape index (κ2) is 5.63. The lowest BCUT2D eigenvalue weighted by atomic mass is 9.63. The van der Waals surface area contributed by atoms with Crippen molar-refractivity contribution in [3.05, 3.63) is 0 Å². The smallest absolute Gasteiger partial charge is 0.390 e. The van der Waals surface area contributed by atoms with Gasteiger partial charge in [0.2, 0.25) is 0 Å². The van der Waals surface area contributed by atoms with E-state index >= 15 is 0 Å². The quantitative estimate of drug-likeness (QED) is 0.777. The van der Waals surface area contributed by atoms with Crippen LogP contribution < -0.4 is 0 Å². The maximum atomic E-state index is 12.7. The van der Waals surface area contributed by atoms with Crippen molar-refractivity contribution in [1.29, 1.82) is 0 Å². The van der Waals surface area contributed by atoms with Gasteiger partial charge in [0.25, 0.3) is 0 Å². The van der Waals surface area contributed by atoms with Gasteiger partial charge < -0.3 is 5.11 Å². The van der Waals surface area contributed by atoms with Crippen LogP contribution in [0.2, 0.25) is 0 Å². The molecule has 0 amide bonds. The Labute approximate surface area is 113 Å². The summed E-state index contributed by atoms with van der Waals surface area (Å²) in [6.07, 6.45) is 2.27. The molecule has 19 heavy (non-hydrogen) atoms. The van der Waals surface area contributed by atoms with E-state index < -0.39 is 17.7 Å². The molecular formula is C15H25F3O. The molecule has 2 fully saturated rings. The SMILES string of the molecule is CCC1CCCCC1C1(O)CCC(C(F)(F)F)CC1. The van der Waals surface area contributed by atoms with Gasteiger partial charge in [-0.25, -0.2) is 0 Å². The second-order valence-electron chi connectivity index (χ2n) is 6.48. The zero-order valence-corrected chi connectivity index (χ0v) is 11.7. The summed E-state index contributed by atoms with van der Waals surface area (Å²) in [4.78, 5) is 0. The van der Waals surface area contributed by atoms with Crippen LogP contribution in [0.1, 0.15) is 64.7 Å². The fraction of sp³-hybridized carbons (Fsp3) is 1.00. The number of hydrogen-bond acceptors (Lipinski definition) is 1. The number of rotatable bonds is 2. The van der Waals surface area contributed by atoms with Crippen molar-refractivity contribution >= 4 is 0 Å². The van der Waals surface area contributed by atoms with Crippen LogP contribution in [0.3, 0.4) is 0 Å². The molecule has 0 heterocycles. The monoisotopic (exact) mass is 278 g/mol. The van der Waals surface area contributed by atoms with Crippen LogP contribution in [0, 0.1) is 17.8 Å². The Balaban J connectivity index is 2.00. The summed E-state index contributed by atoms with van der Waals surface area (Å²) in [5.41, 5.74) is -0.831. The van der Waals surface area contributed by atoms with Crippen molar-refractivity contribution in [2.45, 2.75) is 76.5 Å². The molecule has 1 N–H and O–H groups in total. The van der Waals surface area contributed by atoms with Gasteiger partial charge in [0.15, 0.2) is 0 Å². The van der Waals surface area contributed by atoms with Crippen LogP contribution in [0.25, 0.3) is 0 Å². The number of aliphatic hydroxyl groups is 1. The fourth-order valence-electron chi connectivity index (χ4n) is 4.22. The van der Waals surface area contributed by atoms with Gasteiger partial charge in [0.1, 0.15) is 0 Å². The maximum absolute atomic E-state index is 12.7. The predicted octanol–water partition coefficient (Wildman–Crippen LogP) is 4.69. The Morgan fingerprint density at radius 1 is 1.05 bits per heavy atom. The van der Waals surface area contributed by atoms with Crippen LogP contribution in [0.15, 0.2) is 0 Å². The Bertz CT molecular complexity index is 292. The lowest BCUT2D eigenvalue weighted by Crippen LogP contribution is -2.47. The van der Waals surface area contributed by atoms with Crippen LogP contribution in [0.5, 0.6) is 0 Å². The summed E-state index contributed by atoms with van der Waals surface area (Å²) < 4.78 is 38.1. The molecule has 2 aliphatic rings. The Morgan fingerprint density at radius 2 is 1.63 bits per heavy atom. The molecule has 2 rings (SSSR count). The third kappa shape index (κ3) is 3.26.